The lowest BCUT2D eigenvalue weighted by Crippen LogP contribution is -2.37. The number of halogens is 4. The first kappa shape index (κ1) is 30.3. The number of carbonyl (C=O) groups is 1. The van der Waals surface area contributed by atoms with Crippen molar-refractivity contribution in [1.82, 2.24) is 14.9 Å². The lowest BCUT2D eigenvalue weighted by Gasteiger charge is -2.37. The van der Waals surface area contributed by atoms with Crippen LogP contribution >= 0.6 is 23.2 Å². The number of aromatic nitrogens is 2. The van der Waals surface area contributed by atoms with Gasteiger partial charge in [0.25, 0.3) is 5.91 Å². The van der Waals surface area contributed by atoms with E-state index in [0.29, 0.717) is 36.0 Å². The molecule has 1 amide bonds. The minimum Gasteiger partial charge on any atom is -0.394 e. The molecule has 0 radical (unpaired) electrons. The van der Waals surface area contributed by atoms with Crippen LogP contribution in [0.15, 0.2) is 54.9 Å². The number of fused-ring (bicyclic) bond motifs is 1. The molecule has 5 rings (SSSR count). The lowest BCUT2D eigenvalue weighted by molar-refractivity contribution is -0.0554. The summed E-state index contributed by atoms with van der Waals surface area (Å²) in [5.74, 6) is -1.39. The van der Waals surface area contributed by atoms with Crippen LogP contribution in [-0.2, 0) is 16.0 Å². The monoisotopic (exact) mass is 593 g/mol. The van der Waals surface area contributed by atoms with Gasteiger partial charge in [0.1, 0.15) is 17.3 Å². The van der Waals surface area contributed by atoms with E-state index in [2.05, 4.69) is 9.97 Å². The number of amides is 1. The van der Waals surface area contributed by atoms with E-state index in [-0.39, 0.29) is 43.7 Å². The first-order valence-corrected chi connectivity index (χ1v) is 13.8. The minimum absolute atomic E-state index is 0.0445. The first-order chi connectivity index (χ1) is 19.3. The fourth-order valence-electron chi connectivity index (χ4n) is 5.12. The molecule has 1 fully saturated rings. The predicted molar refractivity (Wildman–Crippen MR) is 147 cm³/mol. The molecule has 2 aliphatic rings. The van der Waals surface area contributed by atoms with Crippen LogP contribution in [0.3, 0.4) is 0 Å². The van der Waals surface area contributed by atoms with Crippen LogP contribution in [0, 0.1) is 5.82 Å². The molecule has 0 spiro atoms. The Morgan fingerprint density at radius 2 is 1.82 bits per heavy atom. The van der Waals surface area contributed by atoms with Gasteiger partial charge in [-0.2, -0.15) is 0 Å². The third-order valence-corrected chi connectivity index (χ3v) is 7.47. The summed E-state index contributed by atoms with van der Waals surface area (Å²) in [6, 6.07) is 12.3. The predicted octanol–water partition coefficient (Wildman–Crippen LogP) is 6.28. The summed E-state index contributed by atoms with van der Waals surface area (Å²) in [4.78, 5) is 22.9. The van der Waals surface area contributed by atoms with E-state index in [1.54, 1.807) is 6.07 Å². The Kier molecular flexibility index (Phi) is 10.4. The number of rotatable bonds is 8. The van der Waals surface area contributed by atoms with Gasteiger partial charge in [-0.3, -0.25) is 4.79 Å². The highest BCUT2D eigenvalue weighted by Crippen LogP contribution is 2.45. The zero-order valence-corrected chi connectivity index (χ0v) is 23.5. The van der Waals surface area contributed by atoms with E-state index >= 15 is 8.78 Å². The van der Waals surface area contributed by atoms with Crippen LogP contribution < -0.4 is 0 Å². The van der Waals surface area contributed by atoms with Gasteiger partial charge in [-0.25, -0.2) is 18.7 Å². The Morgan fingerprint density at radius 3 is 2.40 bits per heavy atom. The molecule has 3 aromatic rings. The second kappa shape index (κ2) is 13.8. The molecule has 3 heterocycles. The number of alkyl halides is 1. The molecule has 2 aliphatic heterocycles. The number of aliphatic hydroxyl groups excluding tert-OH is 1. The average molecular weight is 594 g/mol. The standard InChI is InChI=1S/C23H26ClF2N3O4.C6H5Cl/c1-2-17(23(26)3-6-32-7-4-23)14-9-16-20(18(25)10-14)22(33-8-5-30)29(21(16)31)13-19-27-11-15(24)12-28-19;7-6-4-2-1-3-5-6/h9-12,17,22,30H,2-8,13H2,1H3;1-5H/t17-,22?;/m1./s1. The van der Waals surface area contributed by atoms with E-state index in [4.69, 9.17) is 32.7 Å². The number of hydrogen-bond acceptors (Lipinski definition) is 6. The minimum atomic E-state index is -1.53. The molecule has 2 aromatic carbocycles. The van der Waals surface area contributed by atoms with E-state index in [0.717, 1.165) is 5.02 Å². The maximum atomic E-state index is 15.8. The smallest absolute Gasteiger partial charge is 0.257 e. The van der Waals surface area contributed by atoms with Crippen molar-refractivity contribution in [2.75, 3.05) is 26.4 Å². The van der Waals surface area contributed by atoms with Crippen LogP contribution in [0.2, 0.25) is 10.0 Å². The lowest BCUT2D eigenvalue weighted by atomic mass is 9.76. The fraction of sp³-hybridized carbons (Fsp3) is 0.414. The van der Waals surface area contributed by atoms with Crippen LogP contribution in [0.5, 0.6) is 0 Å². The Labute approximate surface area is 242 Å². The zero-order chi connectivity index (χ0) is 28.7. The summed E-state index contributed by atoms with van der Waals surface area (Å²) in [6.07, 6.45) is 2.65. The van der Waals surface area contributed by atoms with Gasteiger partial charge in [0.15, 0.2) is 6.23 Å². The van der Waals surface area contributed by atoms with Gasteiger partial charge in [-0.05, 0) is 36.2 Å². The van der Waals surface area contributed by atoms with E-state index in [1.807, 2.05) is 37.3 Å². The molecule has 0 aliphatic carbocycles. The summed E-state index contributed by atoms with van der Waals surface area (Å²) in [5, 5.41) is 10.4. The van der Waals surface area contributed by atoms with Gasteiger partial charge in [0.05, 0.1) is 30.3 Å². The number of hydrogen-bond donors (Lipinski definition) is 1. The largest absolute Gasteiger partial charge is 0.394 e. The second-order valence-corrected chi connectivity index (χ2v) is 10.4. The number of ether oxygens (including phenoxy) is 2. The van der Waals surface area contributed by atoms with E-state index in [9.17, 15) is 9.90 Å². The zero-order valence-electron chi connectivity index (χ0n) is 22.0. The molecule has 214 valence electrons. The topological polar surface area (TPSA) is 84.8 Å². The summed E-state index contributed by atoms with van der Waals surface area (Å²) in [7, 11) is 0. The molecular weight excluding hydrogens is 563 g/mol. The molecule has 1 aromatic heterocycles. The van der Waals surface area contributed by atoms with Gasteiger partial charge >= 0.3 is 0 Å². The highest BCUT2D eigenvalue weighted by atomic mass is 35.5. The van der Waals surface area contributed by atoms with Crippen molar-refractivity contribution < 1.29 is 28.2 Å². The van der Waals surface area contributed by atoms with Gasteiger partial charge in [0.2, 0.25) is 0 Å². The van der Waals surface area contributed by atoms with Gasteiger partial charge < -0.3 is 19.5 Å². The maximum Gasteiger partial charge on any atom is 0.257 e. The Hall–Kier alpha value is -2.69. The third kappa shape index (κ3) is 6.95. The van der Waals surface area contributed by atoms with Crippen LogP contribution in [0.1, 0.15) is 65.6 Å². The van der Waals surface area contributed by atoms with Crippen molar-refractivity contribution in [3.8, 4) is 0 Å². The molecule has 2 atom stereocenters. The first-order valence-electron chi connectivity index (χ1n) is 13.1. The molecule has 1 N–H and O–H groups in total. The van der Waals surface area contributed by atoms with Crippen molar-refractivity contribution in [3.63, 3.8) is 0 Å². The van der Waals surface area contributed by atoms with E-state index < -0.39 is 29.5 Å². The molecule has 0 bridgehead atoms. The van der Waals surface area contributed by atoms with Crippen molar-refractivity contribution in [2.45, 2.75) is 50.5 Å². The van der Waals surface area contributed by atoms with Crippen molar-refractivity contribution >= 4 is 29.1 Å². The van der Waals surface area contributed by atoms with Crippen LogP contribution in [-0.4, -0.2) is 58.0 Å². The number of nitrogens with zero attached hydrogens (tertiary/aromatic N) is 3. The van der Waals surface area contributed by atoms with Crippen molar-refractivity contribution in [1.29, 1.82) is 0 Å². The van der Waals surface area contributed by atoms with Crippen LogP contribution in [0.25, 0.3) is 0 Å². The van der Waals surface area contributed by atoms with E-state index in [1.165, 1.54) is 23.4 Å². The summed E-state index contributed by atoms with van der Waals surface area (Å²) in [6.45, 7) is 2.04. The molecule has 11 heteroatoms. The Bertz CT molecular complexity index is 1280. The maximum absolute atomic E-state index is 15.8. The normalized spacial score (nSPS) is 18.6. The third-order valence-electron chi connectivity index (χ3n) is 7.02. The van der Waals surface area contributed by atoms with Crippen molar-refractivity contribution in [3.05, 3.63) is 93.2 Å². The highest BCUT2D eigenvalue weighted by molar-refractivity contribution is 6.30. The molecule has 0 saturated carbocycles. The highest BCUT2D eigenvalue weighted by Gasteiger charge is 2.44. The molecule has 40 heavy (non-hydrogen) atoms. The van der Waals surface area contributed by atoms with Gasteiger partial charge in [-0.15, -0.1) is 0 Å². The SMILES string of the molecule is CC[C@H](c1cc(F)c2c(c1)C(=O)N(Cc1ncc(Cl)cn1)C2OCCO)C1(F)CCOCC1.Clc1ccccc1. The average Bonchev–Trinajstić information content (AvgIpc) is 3.21. The summed E-state index contributed by atoms with van der Waals surface area (Å²) < 4.78 is 42.2. The Balaban J connectivity index is 0.000000461. The number of carbonyl (C=O) groups excluding carboxylic acids is 1. The van der Waals surface area contributed by atoms with Gasteiger partial charge in [-0.1, -0.05) is 48.3 Å². The number of benzene rings is 2. The summed E-state index contributed by atoms with van der Waals surface area (Å²) >= 11 is 11.4. The fourth-order valence-corrected chi connectivity index (χ4v) is 5.37. The quantitative estimate of drug-likeness (QED) is 0.330. The number of aliphatic hydroxyl groups is 1. The molecule has 7 nitrogen and oxygen atoms in total. The molecule has 1 saturated heterocycles. The van der Waals surface area contributed by atoms with Crippen LogP contribution in [0.4, 0.5) is 8.78 Å². The molecular formula is C29H31Cl2F2N3O4. The Morgan fingerprint density at radius 1 is 1.15 bits per heavy atom. The molecule has 1 unspecified atom stereocenters. The second-order valence-electron chi connectivity index (χ2n) is 9.56. The van der Waals surface area contributed by atoms with Gasteiger partial charge in [0, 0.05) is 55.0 Å². The summed E-state index contributed by atoms with van der Waals surface area (Å²) in [5.41, 5.74) is -0.896. The van der Waals surface area contributed by atoms with Crippen molar-refractivity contribution in [2.24, 2.45) is 0 Å².